The minimum atomic E-state index is 0.224. The molecule has 0 saturated carbocycles. The fourth-order valence-electron chi connectivity index (χ4n) is 4.13. The van der Waals surface area contributed by atoms with Gasteiger partial charge in [0.05, 0.1) is 6.04 Å². The van der Waals surface area contributed by atoms with E-state index in [4.69, 9.17) is 11.6 Å². The number of guanidine groups is 1. The van der Waals surface area contributed by atoms with Crippen LogP contribution in [0.25, 0.3) is 0 Å². The number of rotatable bonds is 6. The van der Waals surface area contributed by atoms with Gasteiger partial charge in [0.1, 0.15) is 0 Å². The largest absolute Gasteiger partial charge is 0.354 e. The lowest BCUT2D eigenvalue weighted by molar-refractivity contribution is -0.129. The van der Waals surface area contributed by atoms with Crippen LogP contribution in [0, 0.1) is 0 Å². The predicted molar refractivity (Wildman–Crippen MR) is 115 cm³/mol. The molecule has 2 atom stereocenters. The molecular formula is C21H32ClN5O. The van der Waals surface area contributed by atoms with Gasteiger partial charge in [0.2, 0.25) is 5.91 Å². The van der Waals surface area contributed by atoms with Crippen LogP contribution >= 0.6 is 11.6 Å². The van der Waals surface area contributed by atoms with Crippen LogP contribution in [0.3, 0.4) is 0 Å². The molecule has 1 aromatic rings. The van der Waals surface area contributed by atoms with Crippen molar-refractivity contribution in [2.24, 2.45) is 4.99 Å². The van der Waals surface area contributed by atoms with Crippen molar-refractivity contribution < 1.29 is 4.79 Å². The van der Waals surface area contributed by atoms with Gasteiger partial charge >= 0.3 is 0 Å². The Hall–Kier alpha value is -1.79. The monoisotopic (exact) mass is 405 g/mol. The number of benzene rings is 1. The SMILES string of the molecule is CCC(=O)N1CCC(NC(=NC)NCC(c2cccc(Cl)c2)N2CCCC2)C1. The fraction of sp³-hybridized carbons (Fsp3) is 0.619. The highest BCUT2D eigenvalue weighted by Gasteiger charge is 2.27. The molecule has 6 nitrogen and oxygen atoms in total. The van der Waals surface area contributed by atoms with E-state index in [1.165, 1.54) is 18.4 Å². The van der Waals surface area contributed by atoms with E-state index in [0.717, 1.165) is 50.1 Å². The number of halogens is 1. The Labute approximate surface area is 173 Å². The molecule has 0 bridgehead atoms. The van der Waals surface area contributed by atoms with Crippen molar-refractivity contribution in [2.45, 2.75) is 44.7 Å². The van der Waals surface area contributed by atoms with Crippen LogP contribution in [0.5, 0.6) is 0 Å². The summed E-state index contributed by atoms with van der Waals surface area (Å²) in [6.45, 7) is 6.48. The molecule has 1 amide bonds. The summed E-state index contributed by atoms with van der Waals surface area (Å²) in [5.74, 6) is 1.02. The average Bonchev–Trinajstić information content (AvgIpc) is 3.39. The average molecular weight is 406 g/mol. The molecule has 2 aliphatic heterocycles. The smallest absolute Gasteiger partial charge is 0.222 e. The number of hydrogen-bond acceptors (Lipinski definition) is 3. The second-order valence-electron chi connectivity index (χ2n) is 7.59. The maximum Gasteiger partial charge on any atom is 0.222 e. The molecule has 28 heavy (non-hydrogen) atoms. The Balaban J connectivity index is 1.59. The fourth-order valence-corrected chi connectivity index (χ4v) is 4.33. The van der Waals surface area contributed by atoms with Crippen LogP contribution in [0.15, 0.2) is 29.3 Å². The van der Waals surface area contributed by atoms with E-state index < -0.39 is 0 Å². The lowest BCUT2D eigenvalue weighted by Crippen LogP contribution is -2.47. The Morgan fingerprint density at radius 2 is 2.11 bits per heavy atom. The standard InChI is InChI=1S/C21H32ClN5O/c1-3-20(28)27-12-9-18(15-27)25-21(23-2)24-14-19(26-10-4-5-11-26)16-7-6-8-17(22)13-16/h6-8,13,18-19H,3-5,9-12,14-15H2,1-2H3,(H2,23,24,25). The van der Waals surface area contributed by atoms with Gasteiger partial charge in [-0.3, -0.25) is 14.7 Å². The Morgan fingerprint density at radius 3 is 2.79 bits per heavy atom. The summed E-state index contributed by atoms with van der Waals surface area (Å²) in [5.41, 5.74) is 1.23. The zero-order chi connectivity index (χ0) is 19.9. The molecule has 2 aliphatic rings. The predicted octanol–water partition coefficient (Wildman–Crippen LogP) is 2.65. The molecule has 2 saturated heterocycles. The van der Waals surface area contributed by atoms with E-state index in [0.29, 0.717) is 6.42 Å². The van der Waals surface area contributed by atoms with Gasteiger partial charge in [-0.15, -0.1) is 0 Å². The minimum Gasteiger partial charge on any atom is -0.354 e. The van der Waals surface area contributed by atoms with Gasteiger partial charge in [0, 0.05) is 44.2 Å². The number of carbonyl (C=O) groups is 1. The topological polar surface area (TPSA) is 60.0 Å². The van der Waals surface area contributed by atoms with Crippen molar-refractivity contribution in [2.75, 3.05) is 39.8 Å². The van der Waals surface area contributed by atoms with Crippen molar-refractivity contribution in [3.63, 3.8) is 0 Å². The molecule has 0 radical (unpaired) electrons. The number of nitrogens with zero attached hydrogens (tertiary/aromatic N) is 3. The normalized spacial score (nSPS) is 21.8. The zero-order valence-corrected chi connectivity index (χ0v) is 17.7. The van der Waals surface area contributed by atoms with E-state index in [1.807, 2.05) is 24.0 Å². The number of carbonyl (C=O) groups excluding carboxylic acids is 1. The first kappa shape index (κ1) is 20.9. The highest BCUT2D eigenvalue weighted by molar-refractivity contribution is 6.30. The number of hydrogen-bond donors (Lipinski definition) is 2. The maximum atomic E-state index is 11.9. The molecule has 0 spiro atoms. The molecule has 2 heterocycles. The molecule has 0 aromatic heterocycles. The number of nitrogens with one attached hydrogen (secondary N) is 2. The minimum absolute atomic E-state index is 0.224. The van der Waals surface area contributed by atoms with Crippen molar-refractivity contribution >= 4 is 23.5 Å². The Kier molecular flexibility index (Phi) is 7.57. The summed E-state index contributed by atoms with van der Waals surface area (Å²) in [5, 5.41) is 7.76. The summed E-state index contributed by atoms with van der Waals surface area (Å²) in [4.78, 5) is 20.7. The summed E-state index contributed by atoms with van der Waals surface area (Å²) in [6.07, 6.45) is 4.01. The molecule has 2 unspecified atom stereocenters. The van der Waals surface area contributed by atoms with Gasteiger partial charge in [-0.05, 0) is 50.0 Å². The summed E-state index contributed by atoms with van der Waals surface area (Å²) < 4.78 is 0. The van der Waals surface area contributed by atoms with Gasteiger partial charge in [0.15, 0.2) is 5.96 Å². The van der Waals surface area contributed by atoms with Gasteiger partial charge in [-0.2, -0.15) is 0 Å². The Bertz CT molecular complexity index is 689. The second-order valence-corrected chi connectivity index (χ2v) is 8.03. The van der Waals surface area contributed by atoms with E-state index >= 15 is 0 Å². The lowest BCUT2D eigenvalue weighted by atomic mass is 10.1. The highest BCUT2D eigenvalue weighted by Crippen LogP contribution is 2.26. The van der Waals surface area contributed by atoms with E-state index in [9.17, 15) is 4.79 Å². The van der Waals surface area contributed by atoms with E-state index in [1.54, 1.807) is 7.05 Å². The van der Waals surface area contributed by atoms with Crippen molar-refractivity contribution in [1.82, 2.24) is 20.4 Å². The van der Waals surface area contributed by atoms with Crippen LogP contribution in [0.1, 0.15) is 44.2 Å². The molecule has 3 rings (SSSR count). The van der Waals surface area contributed by atoms with Gasteiger partial charge < -0.3 is 15.5 Å². The first-order valence-electron chi connectivity index (χ1n) is 10.3. The summed E-state index contributed by atoms with van der Waals surface area (Å²) >= 11 is 6.24. The summed E-state index contributed by atoms with van der Waals surface area (Å²) in [6, 6.07) is 8.67. The lowest BCUT2D eigenvalue weighted by Gasteiger charge is -2.29. The van der Waals surface area contributed by atoms with Crippen molar-refractivity contribution in [1.29, 1.82) is 0 Å². The third-order valence-electron chi connectivity index (χ3n) is 5.69. The zero-order valence-electron chi connectivity index (χ0n) is 17.0. The van der Waals surface area contributed by atoms with Crippen LogP contribution in [-0.2, 0) is 4.79 Å². The van der Waals surface area contributed by atoms with Crippen LogP contribution < -0.4 is 10.6 Å². The first-order valence-corrected chi connectivity index (χ1v) is 10.7. The van der Waals surface area contributed by atoms with Crippen molar-refractivity contribution in [3.8, 4) is 0 Å². The van der Waals surface area contributed by atoms with Crippen LogP contribution in [-0.4, -0.2) is 67.5 Å². The Morgan fingerprint density at radius 1 is 1.32 bits per heavy atom. The summed E-state index contributed by atoms with van der Waals surface area (Å²) in [7, 11) is 1.80. The van der Waals surface area contributed by atoms with Gasteiger partial charge in [-0.1, -0.05) is 30.7 Å². The molecule has 2 fully saturated rings. The quantitative estimate of drug-likeness (QED) is 0.564. The van der Waals surface area contributed by atoms with Gasteiger partial charge in [0.25, 0.3) is 0 Å². The highest BCUT2D eigenvalue weighted by atomic mass is 35.5. The third kappa shape index (κ3) is 5.39. The van der Waals surface area contributed by atoms with Crippen molar-refractivity contribution in [3.05, 3.63) is 34.9 Å². The van der Waals surface area contributed by atoms with Crippen LogP contribution in [0.4, 0.5) is 0 Å². The molecule has 154 valence electrons. The molecule has 7 heteroatoms. The molecular weight excluding hydrogens is 374 g/mol. The third-order valence-corrected chi connectivity index (χ3v) is 5.92. The number of amides is 1. The molecule has 2 N–H and O–H groups in total. The first-order chi connectivity index (χ1) is 13.6. The van der Waals surface area contributed by atoms with E-state index in [-0.39, 0.29) is 18.0 Å². The maximum absolute atomic E-state index is 11.9. The van der Waals surface area contributed by atoms with Gasteiger partial charge in [-0.25, -0.2) is 0 Å². The molecule has 1 aromatic carbocycles. The van der Waals surface area contributed by atoms with Crippen LogP contribution in [0.2, 0.25) is 5.02 Å². The molecule has 0 aliphatic carbocycles. The number of likely N-dealkylation sites (tertiary alicyclic amines) is 2. The number of aliphatic imine (C=N–C) groups is 1. The second kappa shape index (κ2) is 10.1. The van der Waals surface area contributed by atoms with E-state index in [2.05, 4.69) is 32.7 Å².